The number of fused-ring (bicyclic) bond motifs is 1. The first kappa shape index (κ1) is 27.9. The van der Waals surface area contributed by atoms with Gasteiger partial charge in [0, 0.05) is 45.0 Å². The van der Waals surface area contributed by atoms with E-state index in [9.17, 15) is 23.3 Å². The largest absolute Gasteiger partial charge is 0.397 e. The maximum absolute atomic E-state index is 13.1. The van der Waals surface area contributed by atoms with E-state index in [1.54, 1.807) is 0 Å². The molecule has 1 aliphatic heterocycles. The molecule has 37 heavy (non-hydrogen) atoms. The molecule has 0 saturated heterocycles. The molecule has 2 amide bonds. The Morgan fingerprint density at radius 2 is 2.14 bits per heavy atom. The summed E-state index contributed by atoms with van der Waals surface area (Å²) in [6.45, 7) is 1.94. The van der Waals surface area contributed by atoms with Gasteiger partial charge in [-0.3, -0.25) is 19.6 Å². The number of amides is 2. The van der Waals surface area contributed by atoms with Crippen molar-refractivity contribution in [2.75, 3.05) is 55.4 Å². The van der Waals surface area contributed by atoms with E-state index < -0.39 is 16.4 Å². The Labute approximate surface area is 214 Å². The first-order valence-corrected chi connectivity index (χ1v) is 12.8. The van der Waals surface area contributed by atoms with Gasteiger partial charge in [-0.1, -0.05) is 0 Å². The number of nitriles is 1. The van der Waals surface area contributed by atoms with Crippen molar-refractivity contribution in [2.24, 2.45) is 0 Å². The zero-order chi connectivity index (χ0) is 26.8. The van der Waals surface area contributed by atoms with Crippen molar-refractivity contribution < 1.29 is 26.7 Å². The standard InChI is InChI=1S/C22H28N8O6S/c1-24-4-5-25-12-16-9-15-3-2-7-30(21(15)28-19(16)14-31)22(32)29-20-10-18(17(11-23)13-27-20)26-6-8-36-37(33,34)35/h9-10,13-14,24-25H,2-8,12H2,1H3,(H,33,34,35)(H2,26,27,29,32). The average molecular weight is 533 g/mol. The summed E-state index contributed by atoms with van der Waals surface area (Å²) in [7, 11) is -2.73. The molecule has 5 N–H and O–H groups in total. The third kappa shape index (κ3) is 7.90. The number of hydrogen-bond donors (Lipinski definition) is 5. The minimum Gasteiger partial charge on any atom is -0.381 e. The van der Waals surface area contributed by atoms with Crippen LogP contribution in [0.15, 0.2) is 18.3 Å². The second kappa shape index (κ2) is 13.0. The molecule has 2 aromatic heterocycles. The van der Waals surface area contributed by atoms with Gasteiger partial charge in [0.1, 0.15) is 23.4 Å². The molecule has 3 heterocycles. The Morgan fingerprint density at radius 3 is 2.84 bits per heavy atom. The highest BCUT2D eigenvalue weighted by molar-refractivity contribution is 7.80. The number of aldehydes is 1. The quantitative estimate of drug-likeness (QED) is 0.146. The number of pyridine rings is 2. The number of rotatable bonds is 12. The highest BCUT2D eigenvalue weighted by Crippen LogP contribution is 2.28. The zero-order valence-electron chi connectivity index (χ0n) is 20.2. The van der Waals surface area contributed by atoms with Gasteiger partial charge >= 0.3 is 16.4 Å². The number of aromatic nitrogens is 2. The predicted molar refractivity (Wildman–Crippen MR) is 135 cm³/mol. The van der Waals surface area contributed by atoms with Gasteiger partial charge in [-0.15, -0.1) is 0 Å². The Kier molecular flexibility index (Phi) is 9.83. The van der Waals surface area contributed by atoms with Gasteiger partial charge < -0.3 is 16.0 Å². The summed E-state index contributed by atoms with van der Waals surface area (Å²) in [5.74, 6) is 0.537. The first-order chi connectivity index (χ1) is 17.8. The van der Waals surface area contributed by atoms with Crippen LogP contribution >= 0.6 is 0 Å². The molecule has 1 aliphatic rings. The number of carbonyl (C=O) groups excluding carboxylic acids is 2. The number of nitrogens with zero attached hydrogens (tertiary/aromatic N) is 4. The number of urea groups is 1. The fourth-order valence-corrected chi connectivity index (χ4v) is 4.00. The van der Waals surface area contributed by atoms with E-state index in [-0.39, 0.29) is 35.9 Å². The fraction of sp³-hybridized carbons (Fsp3) is 0.409. The summed E-state index contributed by atoms with van der Waals surface area (Å²) in [6.07, 6.45) is 3.34. The molecule has 2 aromatic rings. The van der Waals surface area contributed by atoms with Gasteiger partial charge in [-0.2, -0.15) is 13.7 Å². The molecule has 0 bridgehead atoms. The van der Waals surface area contributed by atoms with Crippen LogP contribution in [0.4, 0.5) is 22.1 Å². The molecule has 0 atom stereocenters. The summed E-state index contributed by atoms with van der Waals surface area (Å²) in [4.78, 5) is 34.8. The van der Waals surface area contributed by atoms with Gasteiger partial charge in [0.15, 0.2) is 6.29 Å². The normalized spacial score (nSPS) is 12.9. The van der Waals surface area contributed by atoms with Crippen molar-refractivity contribution in [1.82, 2.24) is 20.6 Å². The zero-order valence-corrected chi connectivity index (χ0v) is 21.0. The van der Waals surface area contributed by atoms with Crippen molar-refractivity contribution in [3.63, 3.8) is 0 Å². The van der Waals surface area contributed by atoms with Crippen LogP contribution in [0, 0.1) is 11.3 Å². The van der Waals surface area contributed by atoms with Crippen LogP contribution in [0.2, 0.25) is 0 Å². The number of hydrogen-bond acceptors (Lipinski definition) is 11. The van der Waals surface area contributed by atoms with Crippen LogP contribution in [0.25, 0.3) is 0 Å². The van der Waals surface area contributed by atoms with Crippen LogP contribution in [0.1, 0.15) is 33.6 Å². The maximum atomic E-state index is 13.1. The number of nitrogens with one attached hydrogen (secondary N) is 4. The number of anilines is 3. The second-order valence-electron chi connectivity index (χ2n) is 8.00. The fourth-order valence-electron chi connectivity index (χ4n) is 3.70. The monoisotopic (exact) mass is 532 g/mol. The van der Waals surface area contributed by atoms with Gasteiger partial charge in [0.2, 0.25) is 0 Å². The molecular weight excluding hydrogens is 504 g/mol. The molecule has 0 saturated carbocycles. The van der Waals surface area contributed by atoms with Crippen LogP contribution < -0.4 is 26.2 Å². The van der Waals surface area contributed by atoms with Crippen LogP contribution in [-0.2, 0) is 27.5 Å². The van der Waals surface area contributed by atoms with Gasteiger partial charge in [-0.05, 0) is 37.1 Å². The molecular formula is C22H28N8O6S. The summed E-state index contributed by atoms with van der Waals surface area (Å²) in [5.41, 5.74) is 2.30. The lowest BCUT2D eigenvalue weighted by molar-refractivity contribution is 0.111. The number of likely N-dealkylation sites (N-methyl/N-ethyl adjacent to an activating group) is 1. The van der Waals surface area contributed by atoms with E-state index in [2.05, 4.69) is 35.4 Å². The first-order valence-electron chi connectivity index (χ1n) is 11.4. The molecule has 3 rings (SSSR count). The van der Waals surface area contributed by atoms with Crippen molar-refractivity contribution >= 4 is 40.0 Å². The molecule has 0 spiro atoms. The number of aryl methyl sites for hydroxylation is 1. The van der Waals surface area contributed by atoms with Crippen LogP contribution in [0.3, 0.4) is 0 Å². The summed E-state index contributed by atoms with van der Waals surface area (Å²) in [5, 5.41) is 21.1. The topological polar surface area (TPSA) is 199 Å². The van der Waals surface area contributed by atoms with E-state index in [1.165, 1.54) is 17.2 Å². The smallest absolute Gasteiger partial charge is 0.381 e. The third-order valence-electron chi connectivity index (χ3n) is 5.41. The minimum atomic E-state index is -4.58. The SMILES string of the molecule is CNCCNCc1cc2c(nc1C=O)N(C(=O)Nc1cc(NCCOS(=O)(=O)O)c(C#N)cn1)CCC2. The van der Waals surface area contributed by atoms with E-state index in [4.69, 9.17) is 4.55 Å². The molecule has 14 nitrogen and oxygen atoms in total. The Bertz CT molecular complexity index is 1280. The summed E-state index contributed by atoms with van der Waals surface area (Å²) < 4.78 is 34.2. The van der Waals surface area contributed by atoms with E-state index in [0.717, 1.165) is 24.2 Å². The van der Waals surface area contributed by atoms with E-state index in [1.807, 2.05) is 19.2 Å². The molecule has 0 fully saturated rings. The van der Waals surface area contributed by atoms with Gasteiger partial charge in [0.25, 0.3) is 0 Å². The molecule has 15 heteroatoms. The molecule has 0 aromatic carbocycles. The van der Waals surface area contributed by atoms with Crippen LogP contribution in [-0.4, -0.2) is 75.1 Å². The highest BCUT2D eigenvalue weighted by atomic mass is 32.3. The van der Waals surface area contributed by atoms with E-state index >= 15 is 0 Å². The van der Waals surface area contributed by atoms with E-state index in [0.29, 0.717) is 38.0 Å². The van der Waals surface area contributed by atoms with Crippen molar-refractivity contribution in [1.29, 1.82) is 5.26 Å². The molecule has 0 unspecified atom stereocenters. The Balaban J connectivity index is 1.74. The lowest BCUT2D eigenvalue weighted by Gasteiger charge is -2.29. The lowest BCUT2D eigenvalue weighted by atomic mass is 10.0. The van der Waals surface area contributed by atoms with Crippen molar-refractivity contribution in [2.45, 2.75) is 19.4 Å². The van der Waals surface area contributed by atoms with Crippen LogP contribution in [0.5, 0.6) is 0 Å². The molecule has 0 aliphatic carbocycles. The van der Waals surface area contributed by atoms with Gasteiger partial charge in [-0.25, -0.2) is 18.9 Å². The third-order valence-corrected chi connectivity index (χ3v) is 5.87. The second-order valence-corrected chi connectivity index (χ2v) is 9.09. The minimum absolute atomic E-state index is 0.0457. The summed E-state index contributed by atoms with van der Waals surface area (Å²) >= 11 is 0. The molecule has 0 radical (unpaired) electrons. The lowest BCUT2D eigenvalue weighted by Crippen LogP contribution is -2.40. The highest BCUT2D eigenvalue weighted by Gasteiger charge is 2.26. The maximum Gasteiger partial charge on any atom is 0.397 e. The van der Waals surface area contributed by atoms with Crippen molar-refractivity contribution in [3.05, 3.63) is 40.7 Å². The summed E-state index contributed by atoms with van der Waals surface area (Å²) in [6, 6.07) is 4.74. The molecule has 198 valence electrons. The van der Waals surface area contributed by atoms with Gasteiger partial charge in [0.05, 0.1) is 17.9 Å². The van der Waals surface area contributed by atoms with Crippen molar-refractivity contribution in [3.8, 4) is 6.07 Å². The number of carbonyl (C=O) groups is 2. The average Bonchev–Trinajstić information content (AvgIpc) is 2.87. The Hall–Kier alpha value is -3.68. The predicted octanol–water partition coefficient (Wildman–Crippen LogP) is 0.686. The Morgan fingerprint density at radius 1 is 1.32 bits per heavy atom.